The minimum atomic E-state index is -0.0465. The molecule has 0 radical (unpaired) electrons. The third-order valence-electron chi connectivity index (χ3n) is 3.92. The second-order valence-corrected chi connectivity index (χ2v) is 5.95. The highest BCUT2D eigenvalue weighted by atomic mass is 16.5. The smallest absolute Gasteiger partial charge is 0.253 e. The number of hydrogen-bond acceptors (Lipinski definition) is 3. The Balaban J connectivity index is 2.04. The van der Waals surface area contributed by atoms with Crippen molar-refractivity contribution in [3.05, 3.63) is 23.8 Å². The first-order chi connectivity index (χ1) is 9.47. The molecular weight excluding hydrogens is 252 g/mol. The summed E-state index contributed by atoms with van der Waals surface area (Å²) in [6.45, 7) is 2.28. The van der Waals surface area contributed by atoms with Crippen molar-refractivity contribution in [2.24, 2.45) is 5.92 Å². The summed E-state index contributed by atoms with van der Waals surface area (Å²) in [7, 11) is 3.46. The van der Waals surface area contributed by atoms with Crippen LogP contribution in [0, 0.1) is 5.92 Å². The standard InChI is InChI=1S/C16H24N2O2/c1-11-4-7-13(8-5-11)20-15-9-6-12(10-14(15)17)16(19)18(2)3/h6,9-11,13H,4-5,7-8,17H2,1-3H3. The van der Waals surface area contributed by atoms with Crippen LogP contribution in [0.3, 0.4) is 0 Å². The Morgan fingerprint density at radius 3 is 2.45 bits per heavy atom. The van der Waals surface area contributed by atoms with Gasteiger partial charge in [0.2, 0.25) is 0 Å². The van der Waals surface area contributed by atoms with E-state index in [1.807, 2.05) is 6.07 Å². The SMILES string of the molecule is CC1CCC(Oc2ccc(C(=O)N(C)C)cc2N)CC1. The molecular formula is C16H24N2O2. The van der Waals surface area contributed by atoms with Crippen molar-refractivity contribution in [3.8, 4) is 5.75 Å². The maximum Gasteiger partial charge on any atom is 0.253 e. The normalized spacial score (nSPS) is 22.4. The van der Waals surface area contributed by atoms with Gasteiger partial charge in [0.05, 0.1) is 11.8 Å². The largest absolute Gasteiger partial charge is 0.488 e. The Morgan fingerprint density at radius 1 is 1.25 bits per heavy atom. The Kier molecular flexibility index (Phi) is 4.53. The summed E-state index contributed by atoms with van der Waals surface area (Å²) in [5.41, 5.74) is 7.14. The van der Waals surface area contributed by atoms with Crippen molar-refractivity contribution in [2.45, 2.75) is 38.7 Å². The summed E-state index contributed by atoms with van der Waals surface area (Å²) in [4.78, 5) is 13.4. The summed E-state index contributed by atoms with van der Waals surface area (Å²) in [5.74, 6) is 1.45. The second-order valence-electron chi connectivity index (χ2n) is 5.95. The maximum atomic E-state index is 11.9. The Hall–Kier alpha value is -1.71. The number of benzene rings is 1. The molecule has 1 aromatic rings. The summed E-state index contributed by atoms with van der Waals surface area (Å²) >= 11 is 0. The van der Waals surface area contributed by atoms with Crippen LogP contribution in [-0.2, 0) is 0 Å². The van der Waals surface area contributed by atoms with Crippen molar-refractivity contribution in [3.63, 3.8) is 0 Å². The highest BCUT2D eigenvalue weighted by Crippen LogP contribution is 2.30. The molecule has 1 fully saturated rings. The maximum absolute atomic E-state index is 11.9. The number of carbonyl (C=O) groups excluding carboxylic acids is 1. The Morgan fingerprint density at radius 2 is 1.90 bits per heavy atom. The van der Waals surface area contributed by atoms with Crippen molar-refractivity contribution >= 4 is 11.6 Å². The van der Waals surface area contributed by atoms with Gasteiger partial charge in [-0.3, -0.25) is 4.79 Å². The van der Waals surface area contributed by atoms with Crippen LogP contribution in [-0.4, -0.2) is 31.0 Å². The highest BCUT2D eigenvalue weighted by Gasteiger charge is 2.20. The zero-order valence-electron chi connectivity index (χ0n) is 12.6. The van der Waals surface area contributed by atoms with E-state index in [4.69, 9.17) is 10.5 Å². The molecule has 4 heteroatoms. The molecule has 1 aliphatic rings. The van der Waals surface area contributed by atoms with Gasteiger partial charge in [-0.15, -0.1) is 0 Å². The molecule has 1 aromatic carbocycles. The van der Waals surface area contributed by atoms with E-state index in [0.29, 0.717) is 17.0 Å². The number of amides is 1. The Labute approximate surface area is 120 Å². The van der Waals surface area contributed by atoms with E-state index < -0.39 is 0 Å². The molecule has 0 saturated heterocycles. The van der Waals surface area contributed by atoms with Crippen LogP contribution >= 0.6 is 0 Å². The van der Waals surface area contributed by atoms with Gasteiger partial charge in [0.1, 0.15) is 5.75 Å². The zero-order chi connectivity index (χ0) is 14.7. The van der Waals surface area contributed by atoms with Crippen molar-refractivity contribution in [2.75, 3.05) is 19.8 Å². The molecule has 20 heavy (non-hydrogen) atoms. The minimum absolute atomic E-state index is 0.0465. The van der Waals surface area contributed by atoms with E-state index in [-0.39, 0.29) is 12.0 Å². The predicted molar refractivity (Wildman–Crippen MR) is 80.9 cm³/mol. The van der Waals surface area contributed by atoms with Crippen molar-refractivity contribution < 1.29 is 9.53 Å². The molecule has 0 aromatic heterocycles. The lowest BCUT2D eigenvalue weighted by Gasteiger charge is -2.27. The van der Waals surface area contributed by atoms with Crippen LogP contribution in [0.2, 0.25) is 0 Å². The monoisotopic (exact) mass is 276 g/mol. The molecule has 4 nitrogen and oxygen atoms in total. The summed E-state index contributed by atoms with van der Waals surface area (Å²) < 4.78 is 5.98. The quantitative estimate of drug-likeness (QED) is 0.864. The fourth-order valence-electron chi connectivity index (χ4n) is 2.57. The van der Waals surface area contributed by atoms with E-state index in [2.05, 4.69) is 6.92 Å². The summed E-state index contributed by atoms with van der Waals surface area (Å²) in [6.07, 6.45) is 4.84. The van der Waals surface area contributed by atoms with E-state index in [0.717, 1.165) is 18.8 Å². The third-order valence-corrected chi connectivity index (χ3v) is 3.92. The topological polar surface area (TPSA) is 55.6 Å². The lowest BCUT2D eigenvalue weighted by molar-refractivity contribution is 0.0827. The second kappa shape index (κ2) is 6.16. The molecule has 110 valence electrons. The molecule has 0 heterocycles. The summed E-state index contributed by atoms with van der Waals surface area (Å²) in [6, 6.07) is 5.28. The van der Waals surface area contributed by atoms with Crippen molar-refractivity contribution in [1.29, 1.82) is 0 Å². The fraction of sp³-hybridized carbons (Fsp3) is 0.562. The van der Waals surface area contributed by atoms with E-state index in [9.17, 15) is 4.79 Å². The first-order valence-corrected chi connectivity index (χ1v) is 7.25. The number of nitrogen functional groups attached to an aromatic ring is 1. The molecule has 0 spiro atoms. The van der Waals surface area contributed by atoms with Crippen LogP contribution in [0.1, 0.15) is 43.0 Å². The number of nitrogens with two attached hydrogens (primary N) is 1. The van der Waals surface area contributed by atoms with E-state index in [1.54, 1.807) is 26.2 Å². The fourth-order valence-corrected chi connectivity index (χ4v) is 2.57. The average molecular weight is 276 g/mol. The molecule has 1 saturated carbocycles. The van der Waals surface area contributed by atoms with Crippen LogP contribution in [0.25, 0.3) is 0 Å². The predicted octanol–water partition coefficient (Wildman–Crippen LogP) is 2.93. The van der Waals surface area contributed by atoms with Crippen LogP contribution in [0.15, 0.2) is 18.2 Å². The average Bonchev–Trinajstić information content (AvgIpc) is 2.42. The van der Waals surface area contributed by atoms with Crippen LogP contribution in [0.5, 0.6) is 5.75 Å². The molecule has 0 unspecified atom stereocenters. The minimum Gasteiger partial charge on any atom is -0.488 e. The van der Waals surface area contributed by atoms with Crippen LogP contribution in [0.4, 0.5) is 5.69 Å². The molecule has 0 atom stereocenters. The third kappa shape index (κ3) is 3.44. The number of hydrogen-bond donors (Lipinski definition) is 1. The number of anilines is 1. The van der Waals surface area contributed by atoms with E-state index >= 15 is 0 Å². The molecule has 2 rings (SSSR count). The summed E-state index contributed by atoms with van der Waals surface area (Å²) in [5, 5.41) is 0. The van der Waals surface area contributed by atoms with Crippen molar-refractivity contribution in [1.82, 2.24) is 4.90 Å². The lowest BCUT2D eigenvalue weighted by atomic mass is 9.89. The molecule has 1 amide bonds. The van der Waals surface area contributed by atoms with Crippen LogP contribution < -0.4 is 10.5 Å². The first kappa shape index (κ1) is 14.7. The number of ether oxygens (including phenoxy) is 1. The Bertz CT molecular complexity index is 477. The van der Waals surface area contributed by atoms with Gasteiger partial charge in [0.25, 0.3) is 5.91 Å². The number of carbonyl (C=O) groups is 1. The van der Waals surface area contributed by atoms with Gasteiger partial charge < -0.3 is 15.4 Å². The number of rotatable bonds is 3. The van der Waals surface area contributed by atoms with Gasteiger partial charge in [-0.25, -0.2) is 0 Å². The molecule has 0 bridgehead atoms. The van der Waals surface area contributed by atoms with Gasteiger partial charge in [-0.2, -0.15) is 0 Å². The lowest BCUT2D eigenvalue weighted by Crippen LogP contribution is -2.24. The molecule has 1 aliphatic carbocycles. The first-order valence-electron chi connectivity index (χ1n) is 7.25. The zero-order valence-corrected chi connectivity index (χ0v) is 12.6. The van der Waals surface area contributed by atoms with Gasteiger partial charge in [-0.1, -0.05) is 6.92 Å². The van der Waals surface area contributed by atoms with Gasteiger partial charge >= 0.3 is 0 Å². The van der Waals surface area contributed by atoms with Gasteiger partial charge in [0, 0.05) is 19.7 Å². The molecule has 0 aliphatic heterocycles. The molecule has 2 N–H and O–H groups in total. The number of nitrogens with zero attached hydrogens (tertiary/aromatic N) is 1. The highest BCUT2D eigenvalue weighted by molar-refractivity contribution is 5.95. The van der Waals surface area contributed by atoms with E-state index in [1.165, 1.54) is 17.7 Å². The van der Waals surface area contributed by atoms with Gasteiger partial charge in [0.15, 0.2) is 0 Å². The van der Waals surface area contributed by atoms with Gasteiger partial charge in [-0.05, 0) is 49.8 Å².